The van der Waals surface area contributed by atoms with Crippen molar-refractivity contribution >= 4 is 21.6 Å². The van der Waals surface area contributed by atoms with Gasteiger partial charge in [-0.3, -0.25) is 4.79 Å². The normalized spacial score (nSPS) is 25.6. The highest BCUT2D eigenvalue weighted by Gasteiger charge is 2.31. The average molecular weight is 281 g/mol. The molecule has 1 aliphatic heterocycles. The van der Waals surface area contributed by atoms with Crippen LogP contribution in [-0.4, -0.2) is 26.4 Å². The van der Waals surface area contributed by atoms with Gasteiger partial charge in [-0.05, 0) is 36.6 Å². The largest absolute Gasteiger partial charge is 0.328 e. The Kier molecular flexibility index (Phi) is 2.84. The number of fused-ring (bicyclic) bond motifs is 1. The summed E-state index contributed by atoms with van der Waals surface area (Å²) in [4.78, 5) is 11.4. The van der Waals surface area contributed by atoms with Crippen LogP contribution in [0.5, 0.6) is 0 Å². The number of sulfonamides is 1. The molecule has 1 aliphatic carbocycles. The molecule has 0 atom stereocenters. The summed E-state index contributed by atoms with van der Waals surface area (Å²) in [5, 5.41) is 2.67. The summed E-state index contributed by atoms with van der Waals surface area (Å²) in [6.45, 7) is 0. The number of carbonyl (C=O) groups excluding carboxylic acids is 1. The Morgan fingerprint density at radius 1 is 1.32 bits per heavy atom. The lowest BCUT2D eigenvalue weighted by Crippen LogP contribution is -2.50. The van der Waals surface area contributed by atoms with Crippen molar-refractivity contribution in [3.8, 4) is 0 Å². The number of anilines is 1. The van der Waals surface area contributed by atoms with E-state index in [1.165, 1.54) is 6.07 Å². The Labute approximate surface area is 111 Å². The molecule has 102 valence electrons. The van der Waals surface area contributed by atoms with E-state index in [0.29, 0.717) is 18.5 Å². The molecule has 1 aromatic rings. The summed E-state index contributed by atoms with van der Waals surface area (Å²) in [5.41, 5.74) is 7.04. The maximum atomic E-state index is 12.2. The molecule has 0 saturated heterocycles. The van der Waals surface area contributed by atoms with Crippen LogP contribution in [0.1, 0.15) is 18.4 Å². The van der Waals surface area contributed by atoms with Crippen LogP contribution in [0.2, 0.25) is 0 Å². The molecular weight excluding hydrogens is 266 g/mol. The van der Waals surface area contributed by atoms with Gasteiger partial charge in [0.2, 0.25) is 15.9 Å². The fourth-order valence-electron chi connectivity index (χ4n) is 2.42. The number of hydrogen-bond acceptors (Lipinski definition) is 4. The van der Waals surface area contributed by atoms with Gasteiger partial charge in [-0.25, -0.2) is 13.1 Å². The molecule has 1 fully saturated rings. The first-order valence-electron chi connectivity index (χ1n) is 6.15. The molecule has 0 radical (unpaired) electrons. The first kappa shape index (κ1) is 12.6. The van der Waals surface area contributed by atoms with Crippen LogP contribution in [0.15, 0.2) is 23.1 Å². The summed E-state index contributed by atoms with van der Waals surface area (Å²) in [5.74, 6) is -0.109. The van der Waals surface area contributed by atoms with Gasteiger partial charge in [0.25, 0.3) is 0 Å². The van der Waals surface area contributed by atoms with Gasteiger partial charge in [-0.15, -0.1) is 0 Å². The van der Waals surface area contributed by atoms with Crippen LogP contribution < -0.4 is 15.8 Å². The molecule has 0 bridgehead atoms. The van der Waals surface area contributed by atoms with E-state index in [1.54, 1.807) is 12.1 Å². The molecule has 7 heteroatoms. The number of benzene rings is 1. The smallest absolute Gasteiger partial charge is 0.240 e. The predicted molar refractivity (Wildman–Crippen MR) is 70.1 cm³/mol. The maximum Gasteiger partial charge on any atom is 0.240 e. The highest BCUT2D eigenvalue weighted by Crippen LogP contribution is 2.27. The molecule has 0 aromatic heterocycles. The van der Waals surface area contributed by atoms with Crippen LogP contribution in [0.3, 0.4) is 0 Å². The number of nitrogens with two attached hydrogens (primary N) is 1. The Balaban J connectivity index is 1.82. The number of nitrogens with one attached hydrogen (secondary N) is 2. The lowest BCUT2D eigenvalue weighted by molar-refractivity contribution is -0.115. The standard InChI is InChI=1S/C12H15N3O3S/c13-8-5-9(6-8)15-19(17,18)10-1-2-11-7(3-10)4-12(16)14-11/h1-3,8-9,15H,4-6,13H2,(H,14,16). The van der Waals surface area contributed by atoms with Crippen molar-refractivity contribution in [2.75, 3.05) is 5.32 Å². The zero-order valence-corrected chi connectivity index (χ0v) is 11.0. The van der Waals surface area contributed by atoms with Crippen LogP contribution in [-0.2, 0) is 21.2 Å². The van der Waals surface area contributed by atoms with E-state index in [0.717, 1.165) is 5.56 Å². The van der Waals surface area contributed by atoms with Gasteiger partial charge in [0.05, 0.1) is 11.3 Å². The van der Waals surface area contributed by atoms with Gasteiger partial charge in [-0.1, -0.05) is 0 Å². The minimum atomic E-state index is -3.53. The van der Waals surface area contributed by atoms with Crippen molar-refractivity contribution in [1.29, 1.82) is 0 Å². The van der Waals surface area contributed by atoms with Crippen molar-refractivity contribution < 1.29 is 13.2 Å². The van der Waals surface area contributed by atoms with E-state index in [4.69, 9.17) is 5.73 Å². The first-order valence-corrected chi connectivity index (χ1v) is 7.63. The maximum absolute atomic E-state index is 12.2. The van der Waals surface area contributed by atoms with Crippen molar-refractivity contribution in [3.05, 3.63) is 23.8 Å². The molecule has 3 rings (SSSR count). The Hall–Kier alpha value is -1.44. The predicted octanol–water partition coefficient (Wildman–Crippen LogP) is -0.0508. The van der Waals surface area contributed by atoms with Crippen LogP contribution in [0, 0.1) is 0 Å². The molecule has 4 N–H and O–H groups in total. The van der Waals surface area contributed by atoms with Gasteiger partial charge in [0.15, 0.2) is 0 Å². The third kappa shape index (κ3) is 2.36. The minimum Gasteiger partial charge on any atom is -0.328 e. The zero-order chi connectivity index (χ0) is 13.6. The van der Waals surface area contributed by atoms with Crippen LogP contribution >= 0.6 is 0 Å². The highest BCUT2D eigenvalue weighted by molar-refractivity contribution is 7.89. The molecular formula is C12H15N3O3S. The number of amides is 1. The molecule has 1 aromatic carbocycles. The molecule has 19 heavy (non-hydrogen) atoms. The highest BCUT2D eigenvalue weighted by atomic mass is 32.2. The van der Waals surface area contributed by atoms with E-state index in [2.05, 4.69) is 10.0 Å². The quantitative estimate of drug-likeness (QED) is 0.723. The lowest BCUT2D eigenvalue weighted by atomic mass is 9.89. The van der Waals surface area contributed by atoms with Crippen molar-refractivity contribution in [2.45, 2.75) is 36.2 Å². The summed E-state index contributed by atoms with van der Waals surface area (Å²) >= 11 is 0. The van der Waals surface area contributed by atoms with Crippen molar-refractivity contribution in [1.82, 2.24) is 4.72 Å². The van der Waals surface area contributed by atoms with E-state index in [-0.39, 0.29) is 29.3 Å². The molecule has 1 heterocycles. The number of hydrogen-bond donors (Lipinski definition) is 3. The zero-order valence-electron chi connectivity index (χ0n) is 10.2. The number of rotatable bonds is 3. The first-order chi connectivity index (χ1) is 8.94. The lowest BCUT2D eigenvalue weighted by Gasteiger charge is -2.32. The Morgan fingerprint density at radius 3 is 2.74 bits per heavy atom. The van der Waals surface area contributed by atoms with Crippen LogP contribution in [0.4, 0.5) is 5.69 Å². The summed E-state index contributed by atoms with van der Waals surface area (Å²) in [7, 11) is -3.53. The number of carbonyl (C=O) groups is 1. The van der Waals surface area contributed by atoms with E-state index < -0.39 is 10.0 Å². The fourth-order valence-corrected chi connectivity index (χ4v) is 3.73. The van der Waals surface area contributed by atoms with Crippen LogP contribution in [0.25, 0.3) is 0 Å². The van der Waals surface area contributed by atoms with E-state index >= 15 is 0 Å². The monoisotopic (exact) mass is 281 g/mol. The third-order valence-corrected chi connectivity index (χ3v) is 5.03. The average Bonchev–Trinajstić information content (AvgIpc) is 2.65. The van der Waals surface area contributed by atoms with E-state index in [1.807, 2.05) is 0 Å². The van der Waals surface area contributed by atoms with Gasteiger partial charge < -0.3 is 11.1 Å². The Bertz CT molecular complexity index is 636. The van der Waals surface area contributed by atoms with Crippen molar-refractivity contribution in [2.24, 2.45) is 5.73 Å². The molecule has 0 spiro atoms. The summed E-state index contributed by atoms with van der Waals surface area (Å²) in [6.07, 6.45) is 1.57. The topological polar surface area (TPSA) is 101 Å². The molecule has 0 unspecified atom stereocenters. The SMILES string of the molecule is NC1CC(NS(=O)(=O)c2ccc3c(c2)CC(=O)N3)C1. The van der Waals surface area contributed by atoms with Gasteiger partial charge in [0, 0.05) is 17.8 Å². The van der Waals surface area contributed by atoms with Gasteiger partial charge in [0.1, 0.15) is 0 Å². The molecule has 6 nitrogen and oxygen atoms in total. The summed E-state index contributed by atoms with van der Waals surface area (Å²) < 4.78 is 27.0. The van der Waals surface area contributed by atoms with E-state index in [9.17, 15) is 13.2 Å². The molecule has 1 saturated carbocycles. The molecule has 1 amide bonds. The minimum absolute atomic E-state index is 0.0759. The Morgan fingerprint density at radius 2 is 2.05 bits per heavy atom. The fraction of sp³-hybridized carbons (Fsp3) is 0.417. The molecule has 2 aliphatic rings. The second-order valence-electron chi connectivity index (χ2n) is 5.09. The van der Waals surface area contributed by atoms with Gasteiger partial charge >= 0.3 is 0 Å². The second kappa shape index (κ2) is 4.29. The third-order valence-electron chi connectivity index (χ3n) is 3.51. The second-order valence-corrected chi connectivity index (χ2v) is 6.81. The van der Waals surface area contributed by atoms with Gasteiger partial charge in [-0.2, -0.15) is 0 Å². The van der Waals surface area contributed by atoms with Crippen molar-refractivity contribution in [3.63, 3.8) is 0 Å². The summed E-state index contributed by atoms with van der Waals surface area (Å²) in [6, 6.07) is 4.70.